The fraction of sp³-hybridized carbons (Fsp3) is 0.136. The van der Waals surface area contributed by atoms with Gasteiger partial charge in [0, 0.05) is 16.9 Å². The Bertz CT molecular complexity index is 1130. The molecule has 1 heterocycles. The number of aliphatic carboxylic acids is 1. The third-order valence-corrected chi connectivity index (χ3v) is 4.86. The Morgan fingerprint density at radius 1 is 1.00 bits per heavy atom. The Labute approximate surface area is 173 Å². The molecule has 0 atom stereocenters. The van der Waals surface area contributed by atoms with Gasteiger partial charge in [0.05, 0.1) is 17.7 Å². The molecule has 3 aromatic rings. The van der Waals surface area contributed by atoms with Crippen LogP contribution in [0.3, 0.4) is 0 Å². The molecule has 6 N–H and O–H groups in total. The van der Waals surface area contributed by atoms with Crippen LogP contribution >= 0.6 is 0 Å². The molecule has 0 bridgehead atoms. The van der Waals surface area contributed by atoms with Crippen molar-refractivity contribution >= 4 is 17.8 Å². The summed E-state index contributed by atoms with van der Waals surface area (Å²) < 4.78 is 1.96. The first-order valence-corrected chi connectivity index (χ1v) is 9.22. The average molecular weight is 406 g/mol. The number of aromatic carboxylic acids is 1. The Balaban J connectivity index is 2.13. The summed E-state index contributed by atoms with van der Waals surface area (Å²) >= 11 is 0. The van der Waals surface area contributed by atoms with Gasteiger partial charge in [-0.2, -0.15) is 5.10 Å². The summed E-state index contributed by atoms with van der Waals surface area (Å²) in [4.78, 5) is 22.4. The molecule has 1 aromatic heterocycles. The number of hydrazone groups is 1. The van der Waals surface area contributed by atoms with Crippen molar-refractivity contribution in [1.29, 1.82) is 0 Å². The van der Waals surface area contributed by atoms with Crippen LogP contribution in [0.25, 0.3) is 16.9 Å². The highest BCUT2D eigenvalue weighted by Gasteiger charge is 2.16. The van der Waals surface area contributed by atoms with Crippen molar-refractivity contribution in [3.05, 3.63) is 77.0 Å². The molecule has 0 unspecified atom stereocenters. The number of carbonyl (C=O) groups is 2. The first-order chi connectivity index (χ1) is 14.3. The highest BCUT2D eigenvalue weighted by Crippen LogP contribution is 2.30. The predicted molar refractivity (Wildman–Crippen MR) is 114 cm³/mol. The van der Waals surface area contributed by atoms with E-state index in [4.69, 9.17) is 16.7 Å². The standard InChI is InChI=1S/C22H22N4O4/c1-13-12-16(22(29)30)6-9-18(13)26-17(8-11-20(27)28)7-10-19(26)14-2-4-15(5-3-14)21(23)25-24/h2-7,9-10,12H,8,11,24H2,1H3,(H2,23,25)(H,27,28)(H,29,30). The summed E-state index contributed by atoms with van der Waals surface area (Å²) in [5, 5.41) is 21.9. The normalized spacial score (nSPS) is 11.4. The maximum atomic E-state index is 11.3. The lowest BCUT2D eigenvalue weighted by Crippen LogP contribution is -2.15. The third-order valence-electron chi connectivity index (χ3n) is 4.86. The zero-order valence-corrected chi connectivity index (χ0v) is 16.4. The van der Waals surface area contributed by atoms with Gasteiger partial charge in [-0.3, -0.25) is 4.79 Å². The third kappa shape index (κ3) is 4.17. The molecule has 8 nitrogen and oxygen atoms in total. The van der Waals surface area contributed by atoms with Crippen LogP contribution in [0.2, 0.25) is 0 Å². The summed E-state index contributed by atoms with van der Waals surface area (Å²) in [6.45, 7) is 1.83. The van der Waals surface area contributed by atoms with Crippen LogP contribution in [-0.4, -0.2) is 32.6 Å². The van der Waals surface area contributed by atoms with Gasteiger partial charge in [0.15, 0.2) is 0 Å². The van der Waals surface area contributed by atoms with Crippen LogP contribution in [0.5, 0.6) is 0 Å². The van der Waals surface area contributed by atoms with Gasteiger partial charge in [-0.1, -0.05) is 24.3 Å². The number of hydrogen-bond acceptors (Lipinski definition) is 4. The van der Waals surface area contributed by atoms with Crippen molar-refractivity contribution in [3.63, 3.8) is 0 Å². The van der Waals surface area contributed by atoms with Gasteiger partial charge >= 0.3 is 11.9 Å². The minimum atomic E-state index is -1.00. The Morgan fingerprint density at radius 3 is 2.23 bits per heavy atom. The Hall–Kier alpha value is -4.07. The largest absolute Gasteiger partial charge is 0.481 e. The maximum absolute atomic E-state index is 11.3. The Kier molecular flexibility index (Phi) is 5.87. The van der Waals surface area contributed by atoms with Crippen molar-refractivity contribution in [2.24, 2.45) is 16.7 Å². The number of amidine groups is 1. The second-order valence-electron chi connectivity index (χ2n) is 6.84. The average Bonchev–Trinajstić information content (AvgIpc) is 3.15. The number of benzene rings is 2. The van der Waals surface area contributed by atoms with Crippen LogP contribution in [0.1, 0.15) is 33.6 Å². The molecule has 2 aromatic carbocycles. The smallest absolute Gasteiger partial charge is 0.335 e. The van der Waals surface area contributed by atoms with Gasteiger partial charge in [-0.15, -0.1) is 0 Å². The summed E-state index contributed by atoms with van der Waals surface area (Å²) in [5.74, 6) is 3.57. The molecule has 0 saturated carbocycles. The molecule has 0 amide bonds. The number of hydrogen-bond donors (Lipinski definition) is 4. The molecule has 0 fully saturated rings. The molecular weight excluding hydrogens is 384 g/mol. The molecule has 0 radical (unpaired) electrons. The van der Waals surface area contributed by atoms with Crippen LogP contribution in [0, 0.1) is 6.92 Å². The zero-order chi connectivity index (χ0) is 21.8. The van der Waals surface area contributed by atoms with Crippen molar-refractivity contribution in [2.75, 3.05) is 0 Å². The molecule has 8 heteroatoms. The fourth-order valence-corrected chi connectivity index (χ4v) is 3.34. The van der Waals surface area contributed by atoms with Gasteiger partial charge in [-0.25, -0.2) is 4.79 Å². The van der Waals surface area contributed by atoms with E-state index in [1.54, 1.807) is 24.3 Å². The minimum absolute atomic E-state index is 0.0157. The van der Waals surface area contributed by atoms with Gasteiger partial charge in [-0.05, 0) is 54.8 Å². The van der Waals surface area contributed by atoms with E-state index in [1.807, 2.05) is 35.8 Å². The van der Waals surface area contributed by atoms with E-state index < -0.39 is 11.9 Å². The van der Waals surface area contributed by atoms with E-state index in [9.17, 15) is 14.7 Å². The van der Waals surface area contributed by atoms with Crippen molar-refractivity contribution < 1.29 is 19.8 Å². The van der Waals surface area contributed by atoms with E-state index in [-0.39, 0.29) is 17.8 Å². The molecule has 0 aliphatic carbocycles. The second kappa shape index (κ2) is 8.52. The van der Waals surface area contributed by atoms with E-state index in [0.717, 1.165) is 28.2 Å². The number of carboxylic acid groups (broad SMARTS) is 2. The molecule has 154 valence electrons. The predicted octanol–water partition coefficient (Wildman–Crippen LogP) is 2.75. The van der Waals surface area contributed by atoms with Gasteiger partial charge in [0.2, 0.25) is 0 Å². The van der Waals surface area contributed by atoms with Gasteiger partial charge in [0.1, 0.15) is 5.84 Å². The molecule has 30 heavy (non-hydrogen) atoms. The SMILES string of the molecule is Cc1cc(C(=O)O)ccc1-n1c(CCC(=O)O)ccc1-c1ccc(/C(N)=N\N)cc1. The summed E-state index contributed by atoms with van der Waals surface area (Å²) in [7, 11) is 0. The summed E-state index contributed by atoms with van der Waals surface area (Å²) in [6.07, 6.45) is 0.318. The van der Waals surface area contributed by atoms with E-state index in [2.05, 4.69) is 5.10 Å². The fourth-order valence-electron chi connectivity index (χ4n) is 3.34. The number of carboxylic acids is 2. The van der Waals surface area contributed by atoms with Gasteiger partial charge in [0.25, 0.3) is 0 Å². The molecule has 0 aliphatic rings. The molecule has 3 rings (SSSR count). The number of rotatable bonds is 7. The maximum Gasteiger partial charge on any atom is 0.335 e. The number of nitrogens with zero attached hydrogens (tertiary/aromatic N) is 2. The van der Waals surface area contributed by atoms with E-state index >= 15 is 0 Å². The summed E-state index contributed by atoms with van der Waals surface area (Å²) in [6, 6.07) is 16.0. The van der Waals surface area contributed by atoms with Crippen molar-refractivity contribution in [3.8, 4) is 16.9 Å². The first-order valence-electron chi connectivity index (χ1n) is 9.22. The lowest BCUT2D eigenvalue weighted by atomic mass is 10.1. The second-order valence-corrected chi connectivity index (χ2v) is 6.84. The minimum Gasteiger partial charge on any atom is -0.481 e. The quantitative estimate of drug-likeness (QED) is 0.205. The van der Waals surface area contributed by atoms with Crippen LogP contribution in [0.4, 0.5) is 0 Å². The zero-order valence-electron chi connectivity index (χ0n) is 16.4. The highest BCUT2D eigenvalue weighted by atomic mass is 16.4. The first kappa shape index (κ1) is 20.7. The highest BCUT2D eigenvalue weighted by molar-refractivity contribution is 5.97. The van der Waals surface area contributed by atoms with Crippen molar-refractivity contribution in [1.82, 2.24) is 4.57 Å². The number of aromatic nitrogens is 1. The van der Waals surface area contributed by atoms with Crippen LogP contribution in [0.15, 0.2) is 59.7 Å². The topological polar surface area (TPSA) is 144 Å². The van der Waals surface area contributed by atoms with Crippen LogP contribution < -0.4 is 11.6 Å². The molecular formula is C22H22N4O4. The number of nitrogens with two attached hydrogens (primary N) is 2. The monoisotopic (exact) mass is 406 g/mol. The molecule has 0 saturated heterocycles. The Morgan fingerprint density at radius 2 is 1.67 bits per heavy atom. The summed E-state index contributed by atoms with van der Waals surface area (Å²) in [5.41, 5.74) is 10.7. The molecule has 0 spiro atoms. The van der Waals surface area contributed by atoms with Gasteiger partial charge < -0.3 is 26.4 Å². The lowest BCUT2D eigenvalue weighted by molar-refractivity contribution is -0.136. The van der Waals surface area contributed by atoms with E-state index in [0.29, 0.717) is 12.0 Å². The number of aryl methyl sites for hydroxylation is 2. The lowest BCUT2D eigenvalue weighted by Gasteiger charge is -2.17. The van der Waals surface area contributed by atoms with E-state index in [1.165, 1.54) is 6.07 Å². The molecule has 0 aliphatic heterocycles. The van der Waals surface area contributed by atoms with Crippen molar-refractivity contribution in [2.45, 2.75) is 19.8 Å². The van der Waals surface area contributed by atoms with Crippen LogP contribution in [-0.2, 0) is 11.2 Å².